The molecule has 1 aromatic rings. The van der Waals surface area contributed by atoms with Crippen molar-refractivity contribution in [1.82, 2.24) is 9.97 Å². The van der Waals surface area contributed by atoms with Crippen LogP contribution in [0.25, 0.3) is 0 Å². The highest BCUT2D eigenvalue weighted by molar-refractivity contribution is 5.38. The molecule has 0 spiro atoms. The molecule has 0 amide bonds. The normalized spacial score (nSPS) is 10.7. The monoisotopic (exact) mass is 253 g/mol. The van der Waals surface area contributed by atoms with Crippen LogP contribution in [0, 0.1) is 0 Å². The molecule has 1 rings (SSSR count). The third-order valence-electron chi connectivity index (χ3n) is 2.30. The Bertz CT molecular complexity index is 356. The molecule has 1 heterocycles. The van der Waals surface area contributed by atoms with E-state index in [-0.39, 0.29) is 5.92 Å². The summed E-state index contributed by atoms with van der Waals surface area (Å²) in [6, 6.07) is 1.83. The fraction of sp³-hybridized carbons (Fsp3) is 0.692. The molecule has 5 heteroatoms. The SMILES string of the molecule is CCCOc1cc(NCCOC)nc(C(C)C)n1. The second kappa shape index (κ2) is 7.87. The Kier molecular flexibility index (Phi) is 6.43. The van der Waals surface area contributed by atoms with E-state index in [0.717, 1.165) is 24.6 Å². The van der Waals surface area contributed by atoms with Crippen LogP contribution in [0.15, 0.2) is 6.07 Å². The van der Waals surface area contributed by atoms with Crippen molar-refractivity contribution in [1.29, 1.82) is 0 Å². The van der Waals surface area contributed by atoms with Crippen molar-refractivity contribution in [3.63, 3.8) is 0 Å². The van der Waals surface area contributed by atoms with E-state index < -0.39 is 0 Å². The highest BCUT2D eigenvalue weighted by atomic mass is 16.5. The van der Waals surface area contributed by atoms with Crippen LogP contribution in [0.3, 0.4) is 0 Å². The minimum absolute atomic E-state index is 0.276. The van der Waals surface area contributed by atoms with Crippen LogP contribution < -0.4 is 10.1 Å². The van der Waals surface area contributed by atoms with E-state index in [1.165, 1.54) is 0 Å². The van der Waals surface area contributed by atoms with Crippen molar-refractivity contribution in [3.05, 3.63) is 11.9 Å². The molecule has 5 nitrogen and oxygen atoms in total. The second-order valence-electron chi connectivity index (χ2n) is 4.37. The number of methoxy groups -OCH3 is 1. The van der Waals surface area contributed by atoms with Crippen molar-refractivity contribution >= 4 is 5.82 Å². The number of anilines is 1. The zero-order chi connectivity index (χ0) is 13.4. The number of ether oxygens (including phenoxy) is 2. The molecule has 0 bridgehead atoms. The Labute approximate surface area is 109 Å². The van der Waals surface area contributed by atoms with Gasteiger partial charge in [-0.2, -0.15) is 4.98 Å². The molecular formula is C13H23N3O2. The smallest absolute Gasteiger partial charge is 0.218 e. The van der Waals surface area contributed by atoms with Gasteiger partial charge in [0.1, 0.15) is 11.6 Å². The van der Waals surface area contributed by atoms with Crippen LogP contribution in [0.5, 0.6) is 5.88 Å². The highest BCUT2D eigenvalue weighted by Gasteiger charge is 2.08. The first-order chi connectivity index (χ1) is 8.67. The summed E-state index contributed by atoms with van der Waals surface area (Å²) in [6.07, 6.45) is 0.966. The second-order valence-corrected chi connectivity index (χ2v) is 4.37. The van der Waals surface area contributed by atoms with Gasteiger partial charge in [0.05, 0.1) is 13.2 Å². The van der Waals surface area contributed by atoms with E-state index in [0.29, 0.717) is 19.1 Å². The summed E-state index contributed by atoms with van der Waals surface area (Å²) in [5.74, 6) is 2.49. The molecule has 18 heavy (non-hydrogen) atoms. The highest BCUT2D eigenvalue weighted by Crippen LogP contribution is 2.18. The molecule has 0 radical (unpaired) electrons. The Morgan fingerprint density at radius 3 is 2.67 bits per heavy atom. The van der Waals surface area contributed by atoms with Gasteiger partial charge >= 0.3 is 0 Å². The minimum atomic E-state index is 0.276. The molecule has 0 aliphatic carbocycles. The number of hydrogen-bond donors (Lipinski definition) is 1. The van der Waals surface area contributed by atoms with Crippen LogP contribution >= 0.6 is 0 Å². The van der Waals surface area contributed by atoms with Crippen molar-refractivity contribution in [2.75, 3.05) is 32.2 Å². The molecule has 0 saturated carbocycles. The van der Waals surface area contributed by atoms with Crippen LogP contribution in [0.1, 0.15) is 38.9 Å². The lowest BCUT2D eigenvalue weighted by molar-refractivity contribution is 0.210. The van der Waals surface area contributed by atoms with E-state index in [1.807, 2.05) is 6.07 Å². The van der Waals surface area contributed by atoms with Gasteiger partial charge in [0.15, 0.2) is 0 Å². The first-order valence-corrected chi connectivity index (χ1v) is 6.42. The van der Waals surface area contributed by atoms with E-state index in [1.54, 1.807) is 7.11 Å². The number of rotatable bonds is 8. The first kappa shape index (κ1) is 14.7. The lowest BCUT2D eigenvalue weighted by Gasteiger charge is -2.11. The fourth-order valence-electron chi connectivity index (χ4n) is 1.35. The number of aromatic nitrogens is 2. The summed E-state index contributed by atoms with van der Waals surface area (Å²) in [5.41, 5.74) is 0. The Morgan fingerprint density at radius 2 is 2.06 bits per heavy atom. The molecule has 0 saturated heterocycles. The Hall–Kier alpha value is -1.36. The maximum Gasteiger partial charge on any atom is 0.218 e. The summed E-state index contributed by atoms with van der Waals surface area (Å²) in [5, 5.41) is 3.20. The van der Waals surface area contributed by atoms with Gasteiger partial charge in [0.2, 0.25) is 5.88 Å². The first-order valence-electron chi connectivity index (χ1n) is 6.42. The van der Waals surface area contributed by atoms with Gasteiger partial charge in [0.25, 0.3) is 0 Å². The van der Waals surface area contributed by atoms with Gasteiger partial charge in [0, 0.05) is 25.6 Å². The van der Waals surface area contributed by atoms with Crippen molar-refractivity contribution < 1.29 is 9.47 Å². The Morgan fingerprint density at radius 1 is 1.28 bits per heavy atom. The molecule has 0 unspecified atom stereocenters. The summed E-state index contributed by atoms with van der Waals surface area (Å²) < 4.78 is 10.6. The van der Waals surface area contributed by atoms with Gasteiger partial charge in [-0.3, -0.25) is 0 Å². The van der Waals surface area contributed by atoms with E-state index >= 15 is 0 Å². The molecule has 0 aliphatic heterocycles. The van der Waals surface area contributed by atoms with Crippen molar-refractivity contribution in [2.45, 2.75) is 33.1 Å². The predicted octanol–water partition coefficient (Wildman–Crippen LogP) is 2.45. The van der Waals surface area contributed by atoms with Gasteiger partial charge in [-0.1, -0.05) is 20.8 Å². The summed E-state index contributed by atoms with van der Waals surface area (Å²) in [7, 11) is 1.68. The molecule has 0 aromatic carbocycles. The average molecular weight is 253 g/mol. The minimum Gasteiger partial charge on any atom is -0.478 e. The van der Waals surface area contributed by atoms with Crippen molar-refractivity contribution in [3.8, 4) is 5.88 Å². The Balaban J connectivity index is 2.77. The average Bonchev–Trinajstić information content (AvgIpc) is 2.36. The lowest BCUT2D eigenvalue weighted by atomic mass is 10.2. The molecule has 0 atom stereocenters. The largest absolute Gasteiger partial charge is 0.478 e. The fourth-order valence-corrected chi connectivity index (χ4v) is 1.35. The molecule has 1 N–H and O–H groups in total. The quantitative estimate of drug-likeness (QED) is 0.721. The number of hydrogen-bond acceptors (Lipinski definition) is 5. The van der Waals surface area contributed by atoms with E-state index in [4.69, 9.17) is 9.47 Å². The molecule has 102 valence electrons. The number of nitrogens with one attached hydrogen (secondary N) is 1. The molecular weight excluding hydrogens is 230 g/mol. The summed E-state index contributed by atoms with van der Waals surface area (Å²) >= 11 is 0. The zero-order valence-electron chi connectivity index (χ0n) is 11.7. The lowest BCUT2D eigenvalue weighted by Crippen LogP contribution is -2.11. The van der Waals surface area contributed by atoms with Crippen LogP contribution in [-0.2, 0) is 4.74 Å². The maximum atomic E-state index is 5.57. The van der Waals surface area contributed by atoms with E-state index in [2.05, 4.69) is 36.1 Å². The van der Waals surface area contributed by atoms with Gasteiger partial charge in [-0.15, -0.1) is 0 Å². The summed E-state index contributed by atoms with van der Waals surface area (Å²) in [4.78, 5) is 8.85. The van der Waals surface area contributed by atoms with E-state index in [9.17, 15) is 0 Å². The summed E-state index contributed by atoms with van der Waals surface area (Å²) in [6.45, 7) is 8.24. The van der Waals surface area contributed by atoms with Crippen LogP contribution in [-0.4, -0.2) is 36.8 Å². The molecule has 0 aliphatic rings. The van der Waals surface area contributed by atoms with Crippen LogP contribution in [0.2, 0.25) is 0 Å². The number of nitrogens with zero attached hydrogens (tertiary/aromatic N) is 2. The predicted molar refractivity (Wildman–Crippen MR) is 72.3 cm³/mol. The molecule has 1 aromatic heterocycles. The maximum absolute atomic E-state index is 5.57. The topological polar surface area (TPSA) is 56.3 Å². The van der Waals surface area contributed by atoms with Gasteiger partial charge < -0.3 is 14.8 Å². The van der Waals surface area contributed by atoms with Crippen molar-refractivity contribution in [2.24, 2.45) is 0 Å². The third kappa shape index (κ3) is 4.87. The standard InChI is InChI=1S/C13H23N3O2/c1-5-7-18-12-9-11(14-6-8-17-4)15-13(16-12)10(2)3/h9-10H,5-8H2,1-4H3,(H,14,15,16). The zero-order valence-corrected chi connectivity index (χ0v) is 11.7. The van der Waals surface area contributed by atoms with Gasteiger partial charge in [-0.05, 0) is 6.42 Å². The third-order valence-corrected chi connectivity index (χ3v) is 2.30. The van der Waals surface area contributed by atoms with Crippen LogP contribution in [0.4, 0.5) is 5.82 Å². The van der Waals surface area contributed by atoms with Gasteiger partial charge in [-0.25, -0.2) is 4.98 Å². The molecule has 0 fully saturated rings.